The molecule has 0 bridgehead atoms. The minimum Gasteiger partial charge on any atom is -0.495 e. The number of methoxy groups -OCH3 is 1. The summed E-state index contributed by atoms with van der Waals surface area (Å²) in [5.41, 5.74) is 2.17. The van der Waals surface area contributed by atoms with Crippen LogP contribution in [0, 0.1) is 6.92 Å². The van der Waals surface area contributed by atoms with E-state index in [1.807, 2.05) is 25.1 Å². The molecule has 0 radical (unpaired) electrons. The molecule has 3 nitrogen and oxygen atoms in total. The van der Waals surface area contributed by atoms with Gasteiger partial charge in [0.2, 0.25) is 0 Å². The van der Waals surface area contributed by atoms with Crippen LogP contribution in [0.25, 0.3) is 0 Å². The second-order valence-electron chi connectivity index (χ2n) is 4.33. The molecule has 110 valence electrons. The molecule has 1 amide bonds. The van der Waals surface area contributed by atoms with Gasteiger partial charge in [-0.3, -0.25) is 4.79 Å². The molecule has 21 heavy (non-hydrogen) atoms. The highest BCUT2D eigenvalue weighted by atomic mass is 79.9. The first kappa shape index (κ1) is 16.5. The molecule has 0 fully saturated rings. The number of rotatable bonds is 3. The molecule has 2 rings (SSSR count). The van der Waals surface area contributed by atoms with Gasteiger partial charge in [0.25, 0.3) is 5.91 Å². The number of amides is 1. The summed E-state index contributed by atoms with van der Waals surface area (Å²) in [5, 5.41) is 2.89. The second-order valence-corrected chi connectivity index (χ2v) is 6.90. The zero-order valence-electron chi connectivity index (χ0n) is 11.3. The number of halogens is 3. The first-order valence-corrected chi connectivity index (χ1v) is 8.41. The van der Waals surface area contributed by atoms with Gasteiger partial charge in [-0.2, -0.15) is 0 Å². The van der Waals surface area contributed by atoms with E-state index in [1.54, 1.807) is 19.2 Å². The summed E-state index contributed by atoms with van der Waals surface area (Å²) in [6, 6.07) is 9.13. The predicted molar refractivity (Wildman–Crippen MR) is 95.2 cm³/mol. The average Bonchev–Trinajstić information content (AvgIpc) is 2.44. The minimum absolute atomic E-state index is 0.168. The van der Waals surface area contributed by atoms with E-state index in [2.05, 4.69) is 53.1 Å². The maximum atomic E-state index is 12.4. The third-order valence-electron chi connectivity index (χ3n) is 3.00. The first-order chi connectivity index (χ1) is 9.93. The van der Waals surface area contributed by atoms with E-state index in [0.29, 0.717) is 17.0 Å². The molecule has 0 aliphatic heterocycles. The number of nitrogens with one attached hydrogen (secondary N) is 1. The Morgan fingerprint density at radius 2 is 1.81 bits per heavy atom. The molecule has 2 aromatic carbocycles. The van der Waals surface area contributed by atoms with Crippen molar-refractivity contribution < 1.29 is 9.53 Å². The summed E-state index contributed by atoms with van der Waals surface area (Å²) in [6.45, 7) is 1.90. The van der Waals surface area contributed by atoms with Gasteiger partial charge in [0.05, 0.1) is 17.3 Å². The SMILES string of the molecule is COc1cc(NC(=O)c2cccc(Br)c2C)c(Br)cc1Br. The predicted octanol–water partition coefficient (Wildman–Crippen LogP) is 5.54. The lowest BCUT2D eigenvalue weighted by molar-refractivity contribution is 0.102. The van der Waals surface area contributed by atoms with E-state index in [0.717, 1.165) is 19.0 Å². The van der Waals surface area contributed by atoms with Gasteiger partial charge in [-0.1, -0.05) is 22.0 Å². The molecular weight excluding hydrogens is 466 g/mol. The number of anilines is 1. The highest BCUT2D eigenvalue weighted by Gasteiger charge is 2.14. The average molecular weight is 478 g/mol. The Hall–Kier alpha value is -0.850. The van der Waals surface area contributed by atoms with Crippen LogP contribution in [0.3, 0.4) is 0 Å². The Morgan fingerprint density at radius 3 is 2.48 bits per heavy atom. The molecule has 0 saturated carbocycles. The summed E-state index contributed by atoms with van der Waals surface area (Å²) in [7, 11) is 1.58. The number of hydrogen-bond acceptors (Lipinski definition) is 2. The fourth-order valence-electron chi connectivity index (χ4n) is 1.82. The van der Waals surface area contributed by atoms with E-state index >= 15 is 0 Å². The quantitative estimate of drug-likeness (QED) is 0.630. The zero-order chi connectivity index (χ0) is 15.6. The van der Waals surface area contributed by atoms with Crippen LogP contribution in [0.15, 0.2) is 43.7 Å². The summed E-state index contributed by atoms with van der Waals surface area (Å²) in [5.74, 6) is 0.485. The molecule has 0 atom stereocenters. The van der Waals surface area contributed by atoms with Crippen molar-refractivity contribution in [2.24, 2.45) is 0 Å². The third-order valence-corrected chi connectivity index (χ3v) is 5.14. The van der Waals surface area contributed by atoms with Crippen molar-refractivity contribution in [2.45, 2.75) is 6.92 Å². The van der Waals surface area contributed by atoms with Crippen molar-refractivity contribution in [3.05, 3.63) is 54.9 Å². The fourth-order valence-corrected chi connectivity index (χ4v) is 3.45. The number of hydrogen-bond donors (Lipinski definition) is 1. The molecule has 0 unspecified atom stereocenters. The molecule has 0 heterocycles. The van der Waals surface area contributed by atoms with Crippen molar-refractivity contribution in [2.75, 3.05) is 12.4 Å². The standard InChI is InChI=1S/C15H12Br3NO2/c1-8-9(4-3-5-10(8)16)15(20)19-13-7-14(21-2)12(18)6-11(13)17/h3-7H,1-2H3,(H,19,20). The largest absolute Gasteiger partial charge is 0.495 e. The fraction of sp³-hybridized carbons (Fsp3) is 0.133. The molecule has 0 aliphatic rings. The van der Waals surface area contributed by atoms with Crippen LogP contribution >= 0.6 is 47.8 Å². The first-order valence-electron chi connectivity index (χ1n) is 6.03. The Bertz CT molecular complexity index is 702. The third kappa shape index (κ3) is 3.67. The molecule has 1 N–H and O–H groups in total. The van der Waals surface area contributed by atoms with Crippen molar-refractivity contribution in [3.8, 4) is 5.75 Å². The van der Waals surface area contributed by atoms with E-state index in [9.17, 15) is 4.79 Å². The minimum atomic E-state index is -0.168. The molecular formula is C15H12Br3NO2. The van der Waals surface area contributed by atoms with Gasteiger partial charge < -0.3 is 10.1 Å². The number of benzene rings is 2. The monoisotopic (exact) mass is 475 g/mol. The smallest absolute Gasteiger partial charge is 0.256 e. The molecule has 0 aliphatic carbocycles. The lowest BCUT2D eigenvalue weighted by Gasteiger charge is -2.12. The van der Waals surface area contributed by atoms with Crippen LogP contribution in [-0.4, -0.2) is 13.0 Å². The second kappa shape index (κ2) is 6.94. The van der Waals surface area contributed by atoms with Crippen LogP contribution in [0.5, 0.6) is 5.75 Å². The lowest BCUT2D eigenvalue weighted by atomic mass is 10.1. The Labute approximate surface area is 148 Å². The highest BCUT2D eigenvalue weighted by molar-refractivity contribution is 9.11. The van der Waals surface area contributed by atoms with Crippen LogP contribution < -0.4 is 10.1 Å². The topological polar surface area (TPSA) is 38.3 Å². The van der Waals surface area contributed by atoms with Gasteiger partial charge in [-0.25, -0.2) is 0 Å². The highest BCUT2D eigenvalue weighted by Crippen LogP contribution is 2.35. The summed E-state index contributed by atoms with van der Waals surface area (Å²) in [4.78, 5) is 12.4. The lowest BCUT2D eigenvalue weighted by Crippen LogP contribution is -2.14. The van der Waals surface area contributed by atoms with Gasteiger partial charge in [-0.15, -0.1) is 0 Å². The summed E-state index contributed by atoms with van der Waals surface area (Å²) >= 11 is 10.3. The Kier molecular flexibility index (Phi) is 5.46. The van der Waals surface area contributed by atoms with Gasteiger partial charge in [0, 0.05) is 20.6 Å². The number of ether oxygens (including phenoxy) is 1. The van der Waals surface area contributed by atoms with Crippen LogP contribution in [0.1, 0.15) is 15.9 Å². The van der Waals surface area contributed by atoms with Crippen LogP contribution in [0.4, 0.5) is 5.69 Å². The maximum Gasteiger partial charge on any atom is 0.256 e. The van der Waals surface area contributed by atoms with Crippen molar-refractivity contribution in [1.82, 2.24) is 0 Å². The molecule has 2 aromatic rings. The van der Waals surface area contributed by atoms with Crippen molar-refractivity contribution in [3.63, 3.8) is 0 Å². The summed E-state index contributed by atoms with van der Waals surface area (Å²) < 4.78 is 7.74. The van der Waals surface area contributed by atoms with Crippen LogP contribution in [0.2, 0.25) is 0 Å². The van der Waals surface area contributed by atoms with Gasteiger partial charge in [-0.05, 0) is 62.5 Å². The van der Waals surface area contributed by atoms with E-state index in [4.69, 9.17) is 4.74 Å². The molecule has 0 saturated heterocycles. The maximum absolute atomic E-state index is 12.4. The van der Waals surface area contributed by atoms with Gasteiger partial charge >= 0.3 is 0 Å². The van der Waals surface area contributed by atoms with Crippen molar-refractivity contribution >= 4 is 59.4 Å². The zero-order valence-corrected chi connectivity index (χ0v) is 16.1. The van der Waals surface area contributed by atoms with E-state index in [-0.39, 0.29) is 5.91 Å². The summed E-state index contributed by atoms with van der Waals surface area (Å²) in [6.07, 6.45) is 0. The molecule has 0 aromatic heterocycles. The van der Waals surface area contributed by atoms with Crippen LogP contribution in [-0.2, 0) is 0 Å². The molecule has 6 heteroatoms. The Morgan fingerprint density at radius 1 is 1.10 bits per heavy atom. The number of carbonyl (C=O) groups is 1. The van der Waals surface area contributed by atoms with Gasteiger partial charge in [0.15, 0.2) is 0 Å². The van der Waals surface area contributed by atoms with Crippen molar-refractivity contribution in [1.29, 1.82) is 0 Å². The van der Waals surface area contributed by atoms with E-state index in [1.165, 1.54) is 0 Å². The Balaban J connectivity index is 2.34. The van der Waals surface area contributed by atoms with Gasteiger partial charge in [0.1, 0.15) is 5.75 Å². The number of carbonyl (C=O) groups excluding carboxylic acids is 1. The molecule has 0 spiro atoms. The van der Waals surface area contributed by atoms with E-state index < -0.39 is 0 Å². The normalized spacial score (nSPS) is 10.3.